The first kappa shape index (κ1) is 22.6. The van der Waals surface area contributed by atoms with Crippen molar-refractivity contribution in [2.45, 2.75) is 55.8 Å². The normalized spacial score (nSPS) is 18.5. The van der Waals surface area contributed by atoms with E-state index in [0.29, 0.717) is 24.3 Å². The number of halogens is 2. The van der Waals surface area contributed by atoms with Gasteiger partial charge < -0.3 is 10.2 Å². The summed E-state index contributed by atoms with van der Waals surface area (Å²) in [5, 5.41) is 7.90. The molecule has 0 radical (unpaired) electrons. The maximum Gasteiger partial charge on any atom is 0.259 e. The number of carbonyl (C=O) groups is 1. The van der Waals surface area contributed by atoms with E-state index in [-0.39, 0.29) is 30.0 Å². The third kappa shape index (κ3) is 5.07. The number of nitrogens with one attached hydrogen (secondary N) is 1. The molecule has 1 fully saturated rings. The summed E-state index contributed by atoms with van der Waals surface area (Å²) in [6, 6.07) is 7.47. The van der Waals surface area contributed by atoms with Crippen LogP contribution in [0.4, 0.5) is 20.3 Å². The van der Waals surface area contributed by atoms with Gasteiger partial charge in [-0.2, -0.15) is 0 Å². The van der Waals surface area contributed by atoms with Gasteiger partial charge >= 0.3 is 0 Å². The number of hydrogen-bond donors (Lipinski definition) is 2. The molecule has 0 spiro atoms. The largest absolute Gasteiger partial charge is 0.356 e. The summed E-state index contributed by atoms with van der Waals surface area (Å²) in [6.45, 7) is 0.503. The zero-order valence-corrected chi connectivity index (χ0v) is 18.4. The first-order valence-electron chi connectivity index (χ1n) is 10.7. The Morgan fingerprint density at radius 3 is 2.66 bits per heavy atom. The van der Waals surface area contributed by atoms with Crippen LogP contribution in [0.2, 0.25) is 0 Å². The van der Waals surface area contributed by atoms with Crippen LogP contribution in [0.3, 0.4) is 0 Å². The van der Waals surface area contributed by atoms with Gasteiger partial charge in [0.05, 0.1) is 10.5 Å². The molecule has 2 aromatic rings. The van der Waals surface area contributed by atoms with Crippen molar-refractivity contribution in [2.24, 2.45) is 5.14 Å². The molecule has 3 N–H and O–H groups in total. The van der Waals surface area contributed by atoms with Gasteiger partial charge in [-0.05, 0) is 61.9 Å². The minimum absolute atomic E-state index is 0.111. The number of hydrogen-bond acceptors (Lipinski definition) is 5. The quantitative estimate of drug-likeness (QED) is 0.721. The van der Waals surface area contributed by atoms with Crippen molar-refractivity contribution in [2.75, 3.05) is 23.3 Å². The molecule has 1 aromatic carbocycles. The van der Waals surface area contributed by atoms with Gasteiger partial charge in [0.2, 0.25) is 15.9 Å². The monoisotopic (exact) mass is 464 g/mol. The molecule has 1 amide bonds. The van der Waals surface area contributed by atoms with E-state index in [0.717, 1.165) is 36.9 Å². The number of sulfonamides is 1. The summed E-state index contributed by atoms with van der Waals surface area (Å²) in [6.07, 6.45) is 3.44. The fraction of sp³-hybridized carbons (Fsp3) is 0.455. The lowest BCUT2D eigenvalue weighted by Gasteiger charge is -2.27. The number of aromatic nitrogens is 1. The molecule has 0 atom stereocenters. The van der Waals surface area contributed by atoms with Gasteiger partial charge in [-0.3, -0.25) is 4.79 Å². The van der Waals surface area contributed by atoms with Gasteiger partial charge in [-0.15, -0.1) is 0 Å². The SMILES string of the molecule is NS(=O)(=O)c1cccc(NC(=O)c2cc3c(nc2N2CCCC(F)(F)CC2)CCCC3)c1. The second-order valence-electron chi connectivity index (χ2n) is 8.40. The van der Waals surface area contributed by atoms with Crippen LogP contribution < -0.4 is 15.4 Å². The molecular weight excluding hydrogens is 438 g/mol. The molecule has 2 heterocycles. The molecule has 2 aliphatic rings. The van der Waals surface area contributed by atoms with Crippen molar-refractivity contribution < 1.29 is 22.0 Å². The van der Waals surface area contributed by atoms with Gasteiger partial charge in [0, 0.05) is 37.3 Å². The van der Waals surface area contributed by atoms with Crippen molar-refractivity contribution in [3.63, 3.8) is 0 Å². The number of carbonyl (C=O) groups excluding carboxylic acids is 1. The Labute approximate surface area is 186 Å². The highest BCUT2D eigenvalue weighted by atomic mass is 32.2. The van der Waals surface area contributed by atoms with E-state index in [1.54, 1.807) is 17.0 Å². The van der Waals surface area contributed by atoms with Gasteiger partial charge in [-0.1, -0.05) is 6.07 Å². The Morgan fingerprint density at radius 1 is 1.09 bits per heavy atom. The Hall–Kier alpha value is -2.59. The van der Waals surface area contributed by atoms with Crippen molar-refractivity contribution in [3.05, 3.63) is 47.2 Å². The first-order chi connectivity index (χ1) is 15.1. The molecule has 1 aliphatic heterocycles. The topological polar surface area (TPSA) is 105 Å². The third-order valence-corrected chi connectivity index (χ3v) is 6.87. The highest BCUT2D eigenvalue weighted by molar-refractivity contribution is 7.89. The summed E-state index contributed by atoms with van der Waals surface area (Å²) in [5.74, 6) is -2.79. The predicted molar refractivity (Wildman–Crippen MR) is 118 cm³/mol. The molecule has 0 bridgehead atoms. The van der Waals surface area contributed by atoms with Crippen molar-refractivity contribution in [1.82, 2.24) is 4.98 Å². The molecule has 10 heteroatoms. The number of nitrogens with two attached hydrogens (primary N) is 1. The smallest absolute Gasteiger partial charge is 0.259 e. The number of nitrogens with zero attached hydrogens (tertiary/aromatic N) is 2. The molecule has 7 nitrogen and oxygen atoms in total. The highest BCUT2D eigenvalue weighted by Gasteiger charge is 2.33. The molecule has 1 aromatic heterocycles. The lowest BCUT2D eigenvalue weighted by atomic mass is 9.94. The van der Waals surface area contributed by atoms with Crippen LogP contribution in [0.25, 0.3) is 0 Å². The molecule has 0 saturated carbocycles. The number of rotatable bonds is 4. The van der Waals surface area contributed by atoms with Crippen molar-refractivity contribution in [3.8, 4) is 0 Å². The molecule has 4 rings (SSSR count). The standard InChI is InChI=1S/C22H26F2N4O3S/c23-22(24)9-4-11-28(12-10-22)20-18(13-15-5-1-2-8-19(15)27-20)21(29)26-16-6-3-7-17(14-16)32(25,30)31/h3,6-7,13-14H,1-2,4-5,8-12H2,(H,26,29)(H2,25,30,31). The second-order valence-corrected chi connectivity index (χ2v) is 9.96. The number of primary sulfonamides is 1. The van der Waals surface area contributed by atoms with E-state index in [2.05, 4.69) is 5.32 Å². The Balaban J connectivity index is 1.68. The molecule has 0 unspecified atom stereocenters. The maximum atomic E-state index is 13.9. The van der Waals surface area contributed by atoms with Gasteiger partial charge in [0.25, 0.3) is 5.91 Å². The van der Waals surface area contributed by atoms with Crippen molar-refractivity contribution in [1.29, 1.82) is 0 Å². The predicted octanol–water partition coefficient (Wildman–Crippen LogP) is 3.49. The molecule has 32 heavy (non-hydrogen) atoms. The molecular formula is C22H26F2N4O3S. The van der Waals surface area contributed by atoms with Gasteiger partial charge in [0.15, 0.2) is 0 Å². The minimum Gasteiger partial charge on any atom is -0.356 e. The van der Waals surface area contributed by atoms with Crippen LogP contribution in [-0.4, -0.2) is 38.3 Å². The van der Waals surface area contributed by atoms with E-state index < -0.39 is 21.9 Å². The Bertz CT molecular complexity index is 1140. The molecule has 172 valence electrons. The van der Waals surface area contributed by atoms with Crippen LogP contribution in [0.15, 0.2) is 35.2 Å². The number of pyridine rings is 1. The van der Waals surface area contributed by atoms with Crippen LogP contribution in [-0.2, 0) is 22.9 Å². The van der Waals surface area contributed by atoms with E-state index in [9.17, 15) is 22.0 Å². The summed E-state index contributed by atoms with van der Waals surface area (Å²) in [7, 11) is -3.92. The van der Waals surface area contributed by atoms with Gasteiger partial charge in [-0.25, -0.2) is 27.3 Å². The van der Waals surface area contributed by atoms with E-state index in [1.165, 1.54) is 18.2 Å². The average molecular weight is 465 g/mol. The average Bonchev–Trinajstić information content (AvgIpc) is 2.92. The lowest BCUT2D eigenvalue weighted by molar-refractivity contribution is -0.0102. The number of anilines is 2. The summed E-state index contributed by atoms with van der Waals surface area (Å²) in [4.78, 5) is 19.6. The first-order valence-corrected chi connectivity index (χ1v) is 12.3. The lowest BCUT2D eigenvalue weighted by Crippen LogP contribution is -2.30. The third-order valence-electron chi connectivity index (χ3n) is 5.96. The molecule has 1 aliphatic carbocycles. The Kier molecular flexibility index (Phi) is 6.17. The number of alkyl halides is 2. The highest BCUT2D eigenvalue weighted by Crippen LogP contribution is 2.33. The second kappa shape index (κ2) is 8.74. The van der Waals surface area contributed by atoms with Crippen LogP contribution in [0.1, 0.15) is 53.7 Å². The van der Waals surface area contributed by atoms with Crippen LogP contribution in [0, 0.1) is 0 Å². The minimum atomic E-state index is -3.92. The van der Waals surface area contributed by atoms with E-state index >= 15 is 0 Å². The van der Waals surface area contributed by atoms with Gasteiger partial charge in [0.1, 0.15) is 5.82 Å². The summed E-state index contributed by atoms with van der Waals surface area (Å²) >= 11 is 0. The number of amides is 1. The Morgan fingerprint density at radius 2 is 1.88 bits per heavy atom. The van der Waals surface area contributed by atoms with Crippen LogP contribution in [0.5, 0.6) is 0 Å². The summed E-state index contributed by atoms with van der Waals surface area (Å²) in [5.41, 5.74) is 2.48. The zero-order valence-electron chi connectivity index (χ0n) is 17.6. The fourth-order valence-corrected chi connectivity index (χ4v) is 4.82. The van der Waals surface area contributed by atoms with Crippen LogP contribution >= 0.6 is 0 Å². The number of fused-ring (bicyclic) bond motifs is 1. The van der Waals surface area contributed by atoms with E-state index in [4.69, 9.17) is 10.1 Å². The van der Waals surface area contributed by atoms with E-state index in [1.807, 2.05) is 0 Å². The summed E-state index contributed by atoms with van der Waals surface area (Å²) < 4.78 is 51.1. The maximum absolute atomic E-state index is 13.9. The van der Waals surface area contributed by atoms with Crippen molar-refractivity contribution >= 4 is 27.4 Å². The zero-order chi connectivity index (χ0) is 22.9. The molecule has 1 saturated heterocycles. The number of aryl methyl sites for hydroxylation is 2. The fourth-order valence-electron chi connectivity index (χ4n) is 4.26. The number of benzene rings is 1.